The van der Waals surface area contributed by atoms with Gasteiger partial charge in [-0.15, -0.1) is 0 Å². The van der Waals surface area contributed by atoms with E-state index in [2.05, 4.69) is 0 Å². The molecule has 0 radical (unpaired) electrons. The average molecular weight is 570 g/mol. The standard InChI is InChI=1S/Ga.2H2O4S.12H2O.Rb/c;2*1-5(2,3)4;;;;;;;;;;;;;/h;2*(H2,1,2,3,4);12*1H2;/q+3;;;;;;;;;;;;;;;+1/p+2. The fourth-order valence-corrected chi connectivity index (χ4v) is 0. The number of rotatable bonds is 0. The van der Waals surface area contributed by atoms with Crippen LogP contribution in [-0.2, 0) is 53.7 Å². The second kappa shape index (κ2) is 73.9. The van der Waals surface area contributed by atoms with E-state index >= 15 is 0 Å². The summed E-state index contributed by atoms with van der Waals surface area (Å²) in [5, 5.41) is 0. The van der Waals surface area contributed by atoms with Crippen LogP contribution in [0.4, 0.5) is 0 Å². The summed E-state index contributed by atoms with van der Waals surface area (Å²) >= 11 is 0. The Labute approximate surface area is 197 Å². The summed E-state index contributed by atoms with van der Waals surface area (Å²) in [4.78, 5) is 0. The van der Waals surface area contributed by atoms with Crippen molar-refractivity contribution in [1.82, 2.24) is 0 Å². The van der Waals surface area contributed by atoms with E-state index in [9.17, 15) is 0 Å². The van der Waals surface area contributed by atoms with Gasteiger partial charge in [-0.05, 0) is 0 Å². The van der Waals surface area contributed by atoms with Gasteiger partial charge in [0.05, 0.1) is 0 Å². The topological polar surface area (TPSA) is 548 Å². The molecule has 0 heterocycles. The van der Waals surface area contributed by atoms with E-state index in [-0.39, 0.29) is 144 Å². The number of hydrogen-bond donors (Lipinski definition) is 0. The van der Waals surface area contributed by atoms with Crippen molar-refractivity contribution < 1.29 is 159 Å². The summed E-state index contributed by atoms with van der Waals surface area (Å²) in [7, 11) is -10.3. The average Bonchev–Trinajstić information content (AvgIpc) is 1.12. The van der Waals surface area contributed by atoms with Crippen LogP contribution in [0.25, 0.3) is 0 Å². The third kappa shape index (κ3) is 4220. The van der Waals surface area contributed by atoms with Gasteiger partial charge in [0, 0.05) is 20.8 Å². The Morgan fingerprint density at radius 2 is 0.417 bits per heavy atom. The Morgan fingerprint density at radius 3 is 0.417 bits per heavy atom. The molecule has 0 aliphatic carbocycles. The predicted octanol–water partition coefficient (Wildman–Crippen LogP) is -16.5. The zero-order chi connectivity index (χ0) is 9.00. The molecular formula is H30GaO20RbS2+6. The molecule has 0 unspecified atom stereocenters. The number of hydrogen-bond acceptors (Lipinski definition) is 8. The van der Waals surface area contributed by atoms with Crippen LogP contribution in [-0.4, -0.2) is 87.7 Å². The molecule has 0 aromatic carbocycles. The third-order valence-electron chi connectivity index (χ3n) is 0. The van der Waals surface area contributed by atoms with Crippen molar-refractivity contribution in [2.75, 3.05) is 0 Å². The molecule has 30 N–H and O–H groups in total. The van der Waals surface area contributed by atoms with Crippen molar-refractivity contribution >= 4 is 40.6 Å². The first-order valence-corrected chi connectivity index (χ1v) is 4.00. The minimum atomic E-state index is -5.17. The summed E-state index contributed by atoms with van der Waals surface area (Å²) in [6, 6.07) is 0. The smallest absolute Gasteiger partial charge is 0.759 e. The molecule has 0 aliphatic rings. The molecule has 0 spiro atoms. The molecule has 20 nitrogen and oxygen atoms in total. The first-order valence-electron chi connectivity index (χ1n) is 1.33. The Bertz CT molecular complexity index is 218. The maximum absolute atomic E-state index is 8.52. The fraction of sp³-hybridized carbons (Fsp3) is 0. The van der Waals surface area contributed by atoms with E-state index in [1.165, 1.54) is 0 Å². The summed E-state index contributed by atoms with van der Waals surface area (Å²) < 4.78 is 68.2. The van der Waals surface area contributed by atoms with E-state index in [4.69, 9.17) is 35.0 Å². The van der Waals surface area contributed by atoms with Gasteiger partial charge in [-0.1, -0.05) is 0 Å². The summed E-state index contributed by atoms with van der Waals surface area (Å²) in [5.74, 6) is 0. The van der Waals surface area contributed by atoms with Crippen molar-refractivity contribution in [2.24, 2.45) is 0 Å². The van der Waals surface area contributed by atoms with E-state index in [0.717, 1.165) is 0 Å². The normalized spacial score (nSPS) is 4.83. The van der Waals surface area contributed by atoms with Crippen LogP contribution in [0.15, 0.2) is 0 Å². The summed E-state index contributed by atoms with van der Waals surface area (Å²) in [6.07, 6.45) is 0. The second-order valence-corrected chi connectivity index (χ2v) is 2.45. The van der Waals surface area contributed by atoms with Gasteiger partial charge in [0.2, 0.25) is 0 Å². The van der Waals surface area contributed by atoms with Crippen molar-refractivity contribution in [1.29, 1.82) is 0 Å². The van der Waals surface area contributed by atoms with Gasteiger partial charge in [0.1, 0.15) is 0 Å². The van der Waals surface area contributed by atoms with Crippen LogP contribution in [0.1, 0.15) is 0 Å². The van der Waals surface area contributed by atoms with Crippen molar-refractivity contribution in [3.8, 4) is 0 Å². The van der Waals surface area contributed by atoms with Gasteiger partial charge < -0.3 is 83.9 Å². The first kappa shape index (κ1) is 167. The molecule has 0 amide bonds. The Morgan fingerprint density at radius 1 is 0.417 bits per heavy atom. The van der Waals surface area contributed by atoms with Gasteiger partial charge in [-0.2, -0.15) is 0 Å². The molecule has 0 fully saturated rings. The molecule has 0 aromatic rings. The van der Waals surface area contributed by atoms with Gasteiger partial charge in [-0.3, -0.25) is 16.8 Å². The molecular weight excluding hydrogens is 539 g/mol. The zero-order valence-corrected chi connectivity index (χ0v) is 21.1. The molecule has 160 valence electrons. The minimum absolute atomic E-state index is 0. The fourth-order valence-electron chi connectivity index (χ4n) is 0. The SMILES string of the molecule is O.O.O.O.O.O.O=S(=O)([O-])[O-].O=S(=O)([O-])[O-].[Ga+3].[OH3+].[OH3+].[OH3+].[OH3+].[OH3+].[OH3+].[Rb+]. The Kier molecular flexibility index (Phi) is 513. The molecule has 0 rings (SSSR count). The van der Waals surface area contributed by atoms with Gasteiger partial charge in [0.15, 0.2) is 0 Å². The Hall–Kier alpha value is 1.70. The van der Waals surface area contributed by atoms with Crippen LogP contribution in [0.2, 0.25) is 0 Å². The molecule has 24 heteroatoms. The first-order chi connectivity index (χ1) is 4.00. The van der Waals surface area contributed by atoms with E-state index < -0.39 is 20.8 Å². The van der Waals surface area contributed by atoms with Crippen LogP contribution in [0.3, 0.4) is 0 Å². The van der Waals surface area contributed by atoms with Crippen molar-refractivity contribution in [3.05, 3.63) is 0 Å². The molecule has 0 saturated heterocycles. The zero-order valence-electron chi connectivity index (χ0n) is 12.1. The quantitative estimate of drug-likeness (QED) is 0.116. The van der Waals surface area contributed by atoms with E-state index in [1.807, 2.05) is 0 Å². The van der Waals surface area contributed by atoms with Crippen LogP contribution in [0, 0.1) is 0 Å². The van der Waals surface area contributed by atoms with E-state index in [0.29, 0.717) is 0 Å². The second-order valence-electron chi connectivity index (χ2n) is 0.816. The van der Waals surface area contributed by atoms with Crippen molar-refractivity contribution in [2.45, 2.75) is 0 Å². The molecule has 24 heavy (non-hydrogen) atoms. The predicted molar refractivity (Wildman–Crippen MR) is 77.6 cm³/mol. The largest absolute Gasteiger partial charge is 3.00 e. The molecule has 0 saturated carbocycles. The monoisotopic (exact) mass is 568 g/mol. The minimum Gasteiger partial charge on any atom is -0.759 e. The summed E-state index contributed by atoms with van der Waals surface area (Å²) in [5.41, 5.74) is 0. The van der Waals surface area contributed by atoms with Gasteiger partial charge >= 0.3 is 78.0 Å². The van der Waals surface area contributed by atoms with Crippen LogP contribution < -0.4 is 58.2 Å². The maximum atomic E-state index is 8.52. The third-order valence-corrected chi connectivity index (χ3v) is 0. The van der Waals surface area contributed by atoms with Gasteiger partial charge in [-0.25, -0.2) is 0 Å². The summed E-state index contributed by atoms with van der Waals surface area (Å²) in [6.45, 7) is 0. The molecule has 0 aliphatic heterocycles. The maximum Gasteiger partial charge on any atom is 3.00 e. The van der Waals surface area contributed by atoms with Crippen LogP contribution in [0.5, 0.6) is 0 Å². The van der Waals surface area contributed by atoms with E-state index in [1.54, 1.807) is 0 Å². The molecule has 0 bridgehead atoms. The Balaban J connectivity index is -0.00000000241. The van der Waals surface area contributed by atoms with Crippen molar-refractivity contribution in [3.63, 3.8) is 0 Å². The van der Waals surface area contributed by atoms with Gasteiger partial charge in [0.25, 0.3) is 0 Å². The molecule has 0 aromatic heterocycles. The van der Waals surface area contributed by atoms with Crippen LogP contribution >= 0.6 is 0 Å². The molecule has 0 atom stereocenters.